The van der Waals surface area contributed by atoms with Gasteiger partial charge in [0.05, 0.1) is 38.8 Å². The molecule has 3 aliphatic rings. The van der Waals surface area contributed by atoms with Gasteiger partial charge in [-0.05, 0) is 67.1 Å². The summed E-state index contributed by atoms with van der Waals surface area (Å²) in [6, 6.07) is 30.3. The number of piperazine rings is 1. The molecule has 0 aliphatic carbocycles. The predicted octanol–water partition coefficient (Wildman–Crippen LogP) is 8.13. The Bertz CT molecular complexity index is 1980. The van der Waals surface area contributed by atoms with Crippen LogP contribution in [0.1, 0.15) is 22.9 Å². The van der Waals surface area contributed by atoms with Crippen LogP contribution in [0.3, 0.4) is 0 Å². The van der Waals surface area contributed by atoms with E-state index in [1.807, 2.05) is 90.5 Å². The van der Waals surface area contributed by atoms with Crippen LogP contribution in [0.15, 0.2) is 107 Å². The van der Waals surface area contributed by atoms with Crippen molar-refractivity contribution in [3.8, 4) is 5.69 Å². The van der Waals surface area contributed by atoms with Gasteiger partial charge in [0.1, 0.15) is 5.82 Å². The van der Waals surface area contributed by atoms with Crippen molar-refractivity contribution in [2.45, 2.75) is 13.0 Å². The standard InChI is InChI=1S/C35H28Cl2FN7/c1-22-30-32(26-10-7-11-27(36)31(26)37)44-29-13-6-5-12-28(29)39-34(35(44)40-33(30)45(41-22)25-8-3-2-4-9-25)43-20-18-42(19-21-43)24-16-14-23(38)15-17-24/h2-17,32H,18-21H2,1H3/t32-/m1/s1. The maximum atomic E-state index is 13.6. The number of amidine groups is 2. The van der Waals surface area contributed by atoms with Gasteiger partial charge in [-0.3, -0.25) is 0 Å². The first-order valence-electron chi connectivity index (χ1n) is 14.9. The molecule has 10 heteroatoms. The van der Waals surface area contributed by atoms with Crippen molar-refractivity contribution >= 4 is 57.8 Å². The summed E-state index contributed by atoms with van der Waals surface area (Å²) in [4.78, 5) is 17.4. The van der Waals surface area contributed by atoms with Crippen LogP contribution in [-0.4, -0.2) is 52.5 Å². The number of hydrogen-bond donors (Lipinski definition) is 0. The number of benzene rings is 4. The van der Waals surface area contributed by atoms with Crippen molar-refractivity contribution < 1.29 is 4.39 Å². The number of anilines is 2. The molecule has 4 heterocycles. The van der Waals surface area contributed by atoms with Gasteiger partial charge < -0.3 is 14.7 Å². The number of aryl methyl sites for hydroxylation is 1. The number of halogens is 3. The third kappa shape index (κ3) is 4.67. The Morgan fingerprint density at radius 3 is 2.20 bits per heavy atom. The summed E-state index contributed by atoms with van der Waals surface area (Å²) in [7, 11) is 0. The SMILES string of the molecule is Cc1nn(-c2ccccc2)c2c1[C@@H](c1cccc(Cl)c1Cl)N1C(=N2)C(N2CCN(c3ccc(F)cc3)CC2)=Nc2ccccc21. The minimum absolute atomic E-state index is 0.235. The maximum absolute atomic E-state index is 13.6. The highest BCUT2D eigenvalue weighted by molar-refractivity contribution is 6.48. The lowest BCUT2D eigenvalue weighted by Crippen LogP contribution is -2.55. The summed E-state index contributed by atoms with van der Waals surface area (Å²) in [6.45, 7) is 4.98. The second kappa shape index (κ2) is 11.1. The van der Waals surface area contributed by atoms with E-state index in [-0.39, 0.29) is 11.9 Å². The average molecular weight is 637 g/mol. The molecule has 0 radical (unpaired) electrons. The van der Waals surface area contributed by atoms with E-state index < -0.39 is 0 Å². The Morgan fingerprint density at radius 2 is 1.42 bits per heavy atom. The second-order valence-corrected chi connectivity index (χ2v) is 12.1. The highest BCUT2D eigenvalue weighted by atomic mass is 35.5. The maximum Gasteiger partial charge on any atom is 0.179 e. The van der Waals surface area contributed by atoms with Crippen molar-refractivity contribution in [3.05, 3.63) is 130 Å². The minimum Gasteiger partial charge on any atom is -0.368 e. The molecule has 7 nitrogen and oxygen atoms in total. The van der Waals surface area contributed by atoms with E-state index >= 15 is 0 Å². The first-order valence-corrected chi connectivity index (χ1v) is 15.6. The van der Waals surface area contributed by atoms with Crippen LogP contribution in [0, 0.1) is 12.7 Å². The topological polar surface area (TPSA) is 52.3 Å². The Morgan fingerprint density at radius 1 is 0.711 bits per heavy atom. The summed E-state index contributed by atoms with van der Waals surface area (Å²) in [6.07, 6.45) is 0. The summed E-state index contributed by atoms with van der Waals surface area (Å²) in [5.41, 5.74) is 6.39. The fourth-order valence-electron chi connectivity index (χ4n) is 6.51. The molecule has 45 heavy (non-hydrogen) atoms. The zero-order valence-electron chi connectivity index (χ0n) is 24.4. The van der Waals surface area contributed by atoms with Gasteiger partial charge in [0.15, 0.2) is 17.5 Å². The number of rotatable bonds is 3. The van der Waals surface area contributed by atoms with Gasteiger partial charge in [-0.25, -0.2) is 19.1 Å². The molecule has 4 aromatic carbocycles. The van der Waals surface area contributed by atoms with E-state index in [4.69, 9.17) is 38.3 Å². The average Bonchev–Trinajstić information content (AvgIpc) is 3.41. The van der Waals surface area contributed by atoms with Crippen LogP contribution in [0.5, 0.6) is 0 Å². The molecule has 1 fully saturated rings. The van der Waals surface area contributed by atoms with Crippen molar-refractivity contribution in [1.29, 1.82) is 0 Å². The van der Waals surface area contributed by atoms with E-state index in [0.29, 0.717) is 10.0 Å². The summed E-state index contributed by atoms with van der Waals surface area (Å²) < 4.78 is 15.5. The zero-order valence-corrected chi connectivity index (χ0v) is 25.9. The molecule has 0 saturated carbocycles. The fourth-order valence-corrected chi connectivity index (χ4v) is 6.92. The summed E-state index contributed by atoms with van der Waals surface area (Å²) >= 11 is 13.6. The molecule has 8 rings (SSSR count). The first kappa shape index (κ1) is 27.9. The van der Waals surface area contributed by atoms with Gasteiger partial charge >= 0.3 is 0 Å². The van der Waals surface area contributed by atoms with Crippen LogP contribution < -0.4 is 9.80 Å². The number of nitrogens with zero attached hydrogens (tertiary/aromatic N) is 7. The molecule has 224 valence electrons. The van der Waals surface area contributed by atoms with E-state index in [1.54, 1.807) is 0 Å². The third-order valence-corrected chi connectivity index (χ3v) is 9.50. The molecule has 1 saturated heterocycles. The lowest BCUT2D eigenvalue weighted by atomic mass is 9.93. The molecule has 0 unspecified atom stereocenters. The lowest BCUT2D eigenvalue weighted by Gasteiger charge is -2.44. The minimum atomic E-state index is -0.358. The van der Waals surface area contributed by atoms with Gasteiger partial charge in [0, 0.05) is 37.4 Å². The molecular formula is C35H28Cl2FN7. The number of aliphatic imine (C=N–C) groups is 2. The Balaban J connectivity index is 1.29. The predicted molar refractivity (Wildman–Crippen MR) is 180 cm³/mol. The van der Waals surface area contributed by atoms with Crippen LogP contribution in [0.4, 0.5) is 27.3 Å². The van der Waals surface area contributed by atoms with E-state index in [2.05, 4.69) is 20.8 Å². The first-order chi connectivity index (χ1) is 22.0. The van der Waals surface area contributed by atoms with Crippen molar-refractivity contribution in [2.24, 2.45) is 9.98 Å². The molecule has 1 atom stereocenters. The molecule has 1 aromatic heterocycles. The monoisotopic (exact) mass is 635 g/mol. The molecular weight excluding hydrogens is 608 g/mol. The Hall–Kier alpha value is -4.66. The largest absolute Gasteiger partial charge is 0.368 e. The van der Waals surface area contributed by atoms with E-state index in [1.165, 1.54) is 12.1 Å². The molecule has 0 amide bonds. The van der Waals surface area contributed by atoms with Crippen molar-refractivity contribution in [1.82, 2.24) is 14.7 Å². The number of aromatic nitrogens is 2. The van der Waals surface area contributed by atoms with Gasteiger partial charge in [0.2, 0.25) is 0 Å². The van der Waals surface area contributed by atoms with Crippen LogP contribution in [-0.2, 0) is 0 Å². The van der Waals surface area contributed by atoms with Crippen LogP contribution >= 0.6 is 23.2 Å². The number of hydrogen-bond acceptors (Lipinski definition) is 6. The molecule has 3 aliphatic heterocycles. The van der Waals surface area contributed by atoms with Crippen LogP contribution in [0.2, 0.25) is 10.0 Å². The normalized spacial score (nSPS) is 17.3. The van der Waals surface area contributed by atoms with E-state index in [0.717, 1.165) is 83.2 Å². The Labute approximate surface area is 270 Å². The number of para-hydroxylation sites is 3. The number of fused-ring (bicyclic) bond motifs is 4. The van der Waals surface area contributed by atoms with E-state index in [9.17, 15) is 4.39 Å². The van der Waals surface area contributed by atoms with Gasteiger partial charge in [-0.1, -0.05) is 65.7 Å². The highest BCUT2D eigenvalue weighted by Gasteiger charge is 2.43. The van der Waals surface area contributed by atoms with Gasteiger partial charge in [-0.2, -0.15) is 5.10 Å². The molecule has 0 bridgehead atoms. The lowest BCUT2D eigenvalue weighted by molar-refractivity contribution is 0.389. The molecule has 0 spiro atoms. The molecule has 0 N–H and O–H groups in total. The van der Waals surface area contributed by atoms with Gasteiger partial charge in [0.25, 0.3) is 0 Å². The second-order valence-electron chi connectivity index (χ2n) is 11.3. The van der Waals surface area contributed by atoms with Gasteiger partial charge in [-0.15, -0.1) is 0 Å². The summed E-state index contributed by atoms with van der Waals surface area (Å²) in [5.74, 6) is 2.03. The fraction of sp³-hybridized carbons (Fsp3) is 0.171. The third-order valence-electron chi connectivity index (χ3n) is 8.67. The molecule has 5 aromatic rings. The quantitative estimate of drug-likeness (QED) is 0.201. The zero-order chi connectivity index (χ0) is 30.7. The van der Waals surface area contributed by atoms with Crippen LogP contribution in [0.25, 0.3) is 5.69 Å². The Kier molecular flexibility index (Phi) is 6.84. The van der Waals surface area contributed by atoms with Crippen molar-refractivity contribution in [2.75, 3.05) is 36.0 Å². The highest BCUT2D eigenvalue weighted by Crippen LogP contribution is 2.50. The van der Waals surface area contributed by atoms with Crippen molar-refractivity contribution in [3.63, 3.8) is 0 Å². The summed E-state index contributed by atoms with van der Waals surface area (Å²) in [5, 5.41) is 6.00. The smallest absolute Gasteiger partial charge is 0.179 e.